The Morgan fingerprint density at radius 2 is 0.793 bits per heavy atom. The molecule has 0 saturated heterocycles. The van der Waals surface area contributed by atoms with Gasteiger partial charge in [-0.2, -0.15) is 4.09 Å². The number of amides is 1. The molecule has 1 N–H and O–H groups in total. The van der Waals surface area contributed by atoms with Gasteiger partial charge in [0.1, 0.15) is 0 Å². The van der Waals surface area contributed by atoms with Crippen LogP contribution in [0.5, 0.6) is 0 Å². The predicted octanol–water partition coefficient (Wildman–Crippen LogP) is 9.51. The molecule has 0 aromatic carbocycles. The van der Waals surface area contributed by atoms with Crippen LogP contribution in [-0.2, 0) is 4.79 Å². The van der Waals surface area contributed by atoms with Crippen molar-refractivity contribution in [1.29, 1.82) is 0 Å². The highest BCUT2D eigenvalue weighted by Gasteiger charge is 2.05. The number of halogens is 1. The lowest BCUT2D eigenvalue weighted by atomic mass is 10.0. The maximum absolute atomic E-state index is 11.2. The summed E-state index contributed by atoms with van der Waals surface area (Å²) < 4.78 is 0.518. The lowest BCUT2D eigenvalue weighted by Gasteiger charge is -2.05. The van der Waals surface area contributed by atoms with Gasteiger partial charge in [0.05, 0.1) is 16.1 Å². The van der Waals surface area contributed by atoms with Crippen LogP contribution in [0.2, 0.25) is 0 Å². The third-order valence-electron chi connectivity index (χ3n) is 5.95. The largest absolute Gasteiger partial charge is 0.275 e. The van der Waals surface area contributed by atoms with Crippen molar-refractivity contribution < 1.29 is 10.0 Å². The first-order chi connectivity index (χ1) is 14.2. The molecule has 0 unspecified atom stereocenters. The van der Waals surface area contributed by atoms with Crippen LogP contribution in [0.3, 0.4) is 0 Å². The third kappa shape index (κ3) is 24.1. The minimum Gasteiger partial charge on any atom is -0.275 e. The molecule has 0 bridgehead atoms. The Kier molecular flexibility index (Phi) is 24.1. The summed E-state index contributed by atoms with van der Waals surface area (Å²) in [5.74, 6) is -0.252. The van der Waals surface area contributed by atoms with Crippen molar-refractivity contribution in [3.05, 3.63) is 0 Å². The smallest absolute Gasteiger partial charge is 0.256 e. The number of nitrogens with zero attached hydrogens (tertiary/aromatic N) is 1. The Labute approximate surface area is 190 Å². The molecule has 0 radical (unpaired) electrons. The minimum absolute atomic E-state index is 0.252. The van der Waals surface area contributed by atoms with Gasteiger partial charge in [-0.25, -0.2) is 0 Å². The van der Waals surface area contributed by atoms with Crippen LogP contribution in [0.15, 0.2) is 0 Å². The Bertz CT molecular complexity index is 337. The number of unbranched alkanes of at least 4 members (excludes halogenated alkanes) is 21. The van der Waals surface area contributed by atoms with Gasteiger partial charge in [-0.15, -0.1) is 0 Å². The number of carbonyl (C=O) groups excluding carboxylic acids is 1. The molecule has 1 amide bonds. The van der Waals surface area contributed by atoms with E-state index in [-0.39, 0.29) is 5.91 Å². The Balaban J connectivity index is 3.04. The van der Waals surface area contributed by atoms with E-state index in [1.165, 1.54) is 128 Å². The van der Waals surface area contributed by atoms with Gasteiger partial charge in [-0.3, -0.25) is 10.0 Å². The maximum atomic E-state index is 11.2. The molecule has 0 aliphatic rings. The van der Waals surface area contributed by atoms with Crippen LogP contribution in [-0.4, -0.2) is 15.2 Å². The van der Waals surface area contributed by atoms with E-state index >= 15 is 0 Å². The van der Waals surface area contributed by atoms with Crippen molar-refractivity contribution in [2.45, 2.75) is 155 Å². The van der Waals surface area contributed by atoms with Crippen LogP contribution in [0.1, 0.15) is 155 Å². The van der Waals surface area contributed by atoms with E-state index in [4.69, 9.17) is 5.21 Å². The molecule has 4 heteroatoms. The second-order valence-corrected chi connectivity index (χ2v) is 9.50. The van der Waals surface area contributed by atoms with E-state index in [1.807, 2.05) is 0 Å². The SMILES string of the molecule is CCCCCCCCCCCCCCCCCCCCCCCCC(=O)N(O)Br. The summed E-state index contributed by atoms with van der Waals surface area (Å²) in [6, 6.07) is 0. The Morgan fingerprint density at radius 1 is 0.552 bits per heavy atom. The fourth-order valence-corrected chi connectivity index (χ4v) is 4.15. The lowest BCUT2D eigenvalue weighted by molar-refractivity contribution is -0.143. The van der Waals surface area contributed by atoms with Crippen molar-refractivity contribution in [3.8, 4) is 0 Å². The highest BCUT2D eigenvalue weighted by Crippen LogP contribution is 2.15. The summed E-state index contributed by atoms with van der Waals surface area (Å²) in [5, 5.41) is 8.89. The van der Waals surface area contributed by atoms with E-state index in [2.05, 4.69) is 23.1 Å². The molecule has 0 saturated carbocycles. The van der Waals surface area contributed by atoms with Gasteiger partial charge in [-0.1, -0.05) is 142 Å². The summed E-state index contributed by atoms with van der Waals surface area (Å²) in [5.41, 5.74) is 0. The van der Waals surface area contributed by atoms with Crippen LogP contribution in [0.4, 0.5) is 0 Å². The van der Waals surface area contributed by atoms with Gasteiger partial charge >= 0.3 is 0 Å². The third-order valence-corrected chi connectivity index (χ3v) is 6.35. The van der Waals surface area contributed by atoms with Gasteiger partial charge in [0.25, 0.3) is 5.91 Å². The number of carbonyl (C=O) groups is 1. The molecule has 0 atom stereocenters. The van der Waals surface area contributed by atoms with Crippen molar-refractivity contribution >= 4 is 22.1 Å². The molecule has 174 valence electrons. The monoisotopic (exact) mass is 475 g/mol. The average molecular weight is 477 g/mol. The van der Waals surface area contributed by atoms with Gasteiger partial charge in [0.2, 0.25) is 0 Å². The molecule has 0 fully saturated rings. The van der Waals surface area contributed by atoms with Crippen molar-refractivity contribution in [1.82, 2.24) is 4.09 Å². The highest BCUT2D eigenvalue weighted by molar-refractivity contribution is 9.07. The minimum atomic E-state index is -0.252. The molecule has 0 heterocycles. The highest BCUT2D eigenvalue weighted by atomic mass is 79.9. The second kappa shape index (κ2) is 24.2. The molecule has 0 aromatic rings. The Morgan fingerprint density at radius 3 is 1.03 bits per heavy atom. The molecular weight excluding hydrogens is 426 g/mol. The van der Waals surface area contributed by atoms with Gasteiger partial charge in [-0.05, 0) is 6.42 Å². The first-order valence-corrected chi connectivity index (χ1v) is 13.6. The molecule has 0 aliphatic heterocycles. The van der Waals surface area contributed by atoms with Crippen molar-refractivity contribution in [3.63, 3.8) is 0 Å². The quantitative estimate of drug-likeness (QED) is 0.0690. The van der Waals surface area contributed by atoms with Gasteiger partial charge in [0, 0.05) is 6.42 Å². The molecule has 0 aromatic heterocycles. The number of rotatable bonds is 23. The fourth-order valence-electron chi connectivity index (χ4n) is 3.98. The average Bonchev–Trinajstić information content (AvgIpc) is 2.71. The lowest BCUT2D eigenvalue weighted by Crippen LogP contribution is -2.15. The topological polar surface area (TPSA) is 40.5 Å². The van der Waals surface area contributed by atoms with Gasteiger partial charge < -0.3 is 0 Å². The fraction of sp³-hybridized carbons (Fsp3) is 0.960. The normalized spacial score (nSPS) is 11.1. The molecule has 0 spiro atoms. The number of hydrogen-bond donors (Lipinski definition) is 1. The summed E-state index contributed by atoms with van der Waals surface area (Å²) in [6.07, 6.45) is 30.5. The molecule has 0 aliphatic carbocycles. The van der Waals surface area contributed by atoms with E-state index in [1.54, 1.807) is 0 Å². The molecule has 3 nitrogen and oxygen atoms in total. The van der Waals surface area contributed by atoms with Crippen molar-refractivity contribution in [2.24, 2.45) is 0 Å². The Hall–Kier alpha value is -0.0900. The van der Waals surface area contributed by atoms with Crippen LogP contribution < -0.4 is 0 Å². The first kappa shape index (κ1) is 28.9. The zero-order chi connectivity index (χ0) is 21.4. The van der Waals surface area contributed by atoms with Gasteiger partial charge in [0.15, 0.2) is 0 Å². The summed E-state index contributed by atoms with van der Waals surface area (Å²) >= 11 is 2.74. The van der Waals surface area contributed by atoms with E-state index in [0.717, 1.165) is 12.8 Å². The zero-order valence-electron chi connectivity index (χ0n) is 19.4. The van der Waals surface area contributed by atoms with Crippen LogP contribution in [0.25, 0.3) is 0 Å². The summed E-state index contributed by atoms with van der Waals surface area (Å²) in [7, 11) is 0. The van der Waals surface area contributed by atoms with Crippen molar-refractivity contribution in [2.75, 3.05) is 0 Å². The number of hydroxylamine groups is 1. The standard InChI is InChI=1S/C25H50BrNO2/c1-2-3-4-5-6-7-8-9-10-11-12-13-14-15-16-17-18-19-20-21-22-23-24-25(28)27(26)29/h29H,2-24H2,1H3. The second-order valence-electron chi connectivity index (χ2n) is 8.83. The van der Waals surface area contributed by atoms with E-state index < -0.39 is 0 Å². The molecule has 0 rings (SSSR count). The zero-order valence-corrected chi connectivity index (χ0v) is 21.0. The summed E-state index contributed by atoms with van der Waals surface area (Å²) in [4.78, 5) is 11.2. The maximum Gasteiger partial charge on any atom is 0.256 e. The first-order valence-electron chi connectivity index (χ1n) is 12.9. The molecule has 29 heavy (non-hydrogen) atoms. The molecular formula is C25H50BrNO2. The summed E-state index contributed by atoms with van der Waals surface area (Å²) in [6.45, 7) is 2.29. The van der Waals surface area contributed by atoms with E-state index in [0.29, 0.717) is 10.5 Å². The predicted molar refractivity (Wildman–Crippen MR) is 129 cm³/mol. The number of hydrogen-bond acceptors (Lipinski definition) is 2. The van der Waals surface area contributed by atoms with Crippen LogP contribution in [0, 0.1) is 0 Å². The van der Waals surface area contributed by atoms with Crippen LogP contribution >= 0.6 is 16.1 Å². The van der Waals surface area contributed by atoms with E-state index in [9.17, 15) is 4.79 Å².